The Morgan fingerprint density at radius 2 is 1.88 bits per heavy atom. The molecule has 2 N–H and O–H groups in total. The van der Waals surface area contributed by atoms with Gasteiger partial charge in [0.05, 0.1) is 5.56 Å². The van der Waals surface area contributed by atoms with Crippen LogP contribution in [0.15, 0.2) is 36.4 Å². The van der Waals surface area contributed by atoms with Crippen LogP contribution in [0.25, 0.3) is 32.8 Å². The van der Waals surface area contributed by atoms with Gasteiger partial charge < -0.3 is 25.0 Å². The zero-order chi connectivity index (χ0) is 28.2. The minimum Gasteiger partial charge on any atom is -0.508 e. The first-order valence-electron chi connectivity index (χ1n) is 14.2. The summed E-state index contributed by atoms with van der Waals surface area (Å²) in [6, 6.07) is 10.2. The number of phenols is 1. The van der Waals surface area contributed by atoms with Crippen LogP contribution in [0.5, 0.6) is 11.8 Å². The highest BCUT2D eigenvalue weighted by Crippen LogP contribution is 2.40. The Morgan fingerprint density at radius 3 is 2.61 bits per heavy atom. The zero-order valence-corrected chi connectivity index (χ0v) is 22.8. The number of hydrogen-bond acceptors (Lipinski definition) is 7. The van der Waals surface area contributed by atoms with E-state index in [-0.39, 0.29) is 34.4 Å². The first kappa shape index (κ1) is 25.9. The second kappa shape index (κ2) is 10.1. The number of nitrogens with one attached hydrogen (secondary N) is 1. The van der Waals surface area contributed by atoms with Gasteiger partial charge in [-0.05, 0) is 74.5 Å². The molecule has 3 aliphatic heterocycles. The molecule has 7 nitrogen and oxygen atoms in total. The number of nitrogens with zero attached hydrogens (tertiary/aromatic N) is 4. The molecule has 9 heteroatoms. The largest absolute Gasteiger partial charge is 0.508 e. The molecule has 7 rings (SSSR count). The average molecular weight is 556 g/mol. The SMILES string of the molecule is C#Cc1c(F)ccc2cc(O)cc(-c3ccc4c(N5C[C@H]6CC[C@@H](C5)N6)nc(OC[C@@H]5CCCN5C)nc4c3F)c12. The van der Waals surface area contributed by atoms with Crippen LogP contribution in [-0.2, 0) is 0 Å². The van der Waals surface area contributed by atoms with Gasteiger partial charge in [0.15, 0.2) is 5.82 Å². The molecular weight excluding hydrogens is 524 g/mol. The summed E-state index contributed by atoms with van der Waals surface area (Å²) >= 11 is 0. The number of terminal acetylenes is 1. The van der Waals surface area contributed by atoms with Gasteiger partial charge in [0.2, 0.25) is 0 Å². The van der Waals surface area contributed by atoms with Gasteiger partial charge in [-0.15, -0.1) is 6.42 Å². The van der Waals surface area contributed by atoms with Crippen LogP contribution in [0.2, 0.25) is 0 Å². The number of rotatable bonds is 5. The van der Waals surface area contributed by atoms with Crippen LogP contribution in [0.4, 0.5) is 14.6 Å². The fourth-order valence-electron chi connectivity index (χ4n) is 6.75. The number of fused-ring (bicyclic) bond motifs is 4. The quantitative estimate of drug-likeness (QED) is 0.342. The molecule has 3 fully saturated rings. The Kier molecular flexibility index (Phi) is 6.40. The zero-order valence-electron chi connectivity index (χ0n) is 22.8. The number of phenolic OH excluding ortho intramolecular Hbond substituents is 1. The number of hydrogen-bond donors (Lipinski definition) is 2. The number of piperazine rings is 1. The van der Waals surface area contributed by atoms with Gasteiger partial charge >= 0.3 is 6.01 Å². The number of halogens is 2. The van der Waals surface area contributed by atoms with Crippen LogP contribution < -0.4 is 15.0 Å². The van der Waals surface area contributed by atoms with Crippen LogP contribution in [0.1, 0.15) is 31.2 Å². The lowest BCUT2D eigenvalue weighted by atomic mass is 9.93. The summed E-state index contributed by atoms with van der Waals surface area (Å²) in [6.45, 7) is 2.95. The minimum absolute atomic E-state index is 0.0152. The molecule has 0 aliphatic carbocycles. The van der Waals surface area contributed by atoms with Gasteiger partial charge in [0.25, 0.3) is 0 Å². The molecule has 4 aromatic rings. The van der Waals surface area contributed by atoms with Gasteiger partial charge in [-0.2, -0.15) is 9.97 Å². The van der Waals surface area contributed by atoms with Crippen LogP contribution in [0, 0.1) is 24.0 Å². The van der Waals surface area contributed by atoms with E-state index in [2.05, 4.69) is 33.1 Å². The van der Waals surface area contributed by atoms with E-state index in [1.807, 2.05) is 0 Å². The maximum absolute atomic E-state index is 16.6. The van der Waals surface area contributed by atoms with Crippen LogP contribution in [0.3, 0.4) is 0 Å². The molecule has 0 saturated carbocycles. The summed E-state index contributed by atoms with van der Waals surface area (Å²) in [5, 5.41) is 15.6. The molecule has 0 amide bonds. The number of likely N-dealkylation sites (N-methyl/N-ethyl adjacent to an activating group) is 1. The smallest absolute Gasteiger partial charge is 0.319 e. The van der Waals surface area contributed by atoms with Crippen molar-refractivity contribution in [3.63, 3.8) is 0 Å². The van der Waals surface area contributed by atoms with E-state index < -0.39 is 11.6 Å². The molecule has 3 saturated heterocycles. The van der Waals surface area contributed by atoms with E-state index in [0.717, 1.165) is 45.3 Å². The van der Waals surface area contributed by atoms with E-state index in [0.29, 0.717) is 46.2 Å². The van der Waals surface area contributed by atoms with Crippen molar-refractivity contribution in [3.05, 3.63) is 53.6 Å². The van der Waals surface area contributed by atoms with E-state index in [1.54, 1.807) is 12.1 Å². The van der Waals surface area contributed by atoms with Crippen molar-refractivity contribution < 1.29 is 18.6 Å². The average Bonchev–Trinajstić information content (AvgIpc) is 3.54. The fourth-order valence-corrected chi connectivity index (χ4v) is 6.75. The number of ether oxygens (including phenoxy) is 1. The molecule has 1 aromatic heterocycles. The van der Waals surface area contributed by atoms with Crippen molar-refractivity contribution in [1.82, 2.24) is 20.2 Å². The van der Waals surface area contributed by atoms with Crippen molar-refractivity contribution in [1.29, 1.82) is 0 Å². The van der Waals surface area contributed by atoms with Gasteiger partial charge in [-0.1, -0.05) is 18.1 Å². The minimum atomic E-state index is -0.605. The number of benzene rings is 3. The second-order valence-electron chi connectivity index (χ2n) is 11.4. The molecule has 41 heavy (non-hydrogen) atoms. The predicted octanol–water partition coefficient (Wildman–Crippen LogP) is 4.83. The number of aromatic hydroxyl groups is 1. The Balaban J connectivity index is 1.39. The first-order chi connectivity index (χ1) is 19.9. The Hall–Kier alpha value is -4.00. The van der Waals surface area contributed by atoms with E-state index >= 15 is 4.39 Å². The van der Waals surface area contributed by atoms with Crippen molar-refractivity contribution in [2.45, 2.75) is 43.8 Å². The van der Waals surface area contributed by atoms with Gasteiger partial charge in [-0.25, -0.2) is 8.78 Å². The van der Waals surface area contributed by atoms with Crippen LogP contribution >= 0.6 is 0 Å². The summed E-state index contributed by atoms with van der Waals surface area (Å²) in [4.78, 5) is 13.8. The van der Waals surface area contributed by atoms with Crippen molar-refractivity contribution >= 4 is 27.5 Å². The lowest BCUT2D eigenvalue weighted by Gasteiger charge is -2.34. The topological polar surface area (TPSA) is 73.8 Å². The summed E-state index contributed by atoms with van der Waals surface area (Å²) in [5.74, 6) is 1.78. The first-order valence-corrected chi connectivity index (χ1v) is 14.2. The number of anilines is 1. The molecule has 4 heterocycles. The third-order valence-electron chi connectivity index (χ3n) is 8.84. The fraction of sp³-hybridized carbons (Fsp3) is 0.375. The lowest BCUT2D eigenvalue weighted by Crippen LogP contribution is -2.51. The number of aromatic nitrogens is 2. The molecule has 0 unspecified atom stereocenters. The Morgan fingerprint density at radius 1 is 1.07 bits per heavy atom. The molecule has 3 aliphatic rings. The molecule has 2 bridgehead atoms. The third-order valence-corrected chi connectivity index (χ3v) is 8.84. The molecular formula is C32H31F2N5O2. The molecule has 3 atom stereocenters. The molecule has 210 valence electrons. The highest BCUT2D eigenvalue weighted by molar-refractivity contribution is 6.04. The summed E-state index contributed by atoms with van der Waals surface area (Å²) in [7, 11) is 2.07. The Bertz CT molecular complexity index is 1710. The normalized spacial score (nSPS) is 22.5. The molecule has 0 radical (unpaired) electrons. The highest BCUT2D eigenvalue weighted by Gasteiger charge is 2.34. The van der Waals surface area contributed by atoms with Gasteiger partial charge in [-0.3, -0.25) is 0 Å². The number of likely N-dealkylation sites (tertiary alicyclic amines) is 1. The lowest BCUT2D eigenvalue weighted by molar-refractivity contribution is 0.188. The maximum Gasteiger partial charge on any atom is 0.319 e. The molecule has 3 aromatic carbocycles. The maximum atomic E-state index is 16.6. The van der Waals surface area contributed by atoms with Crippen molar-refractivity contribution in [2.75, 3.05) is 38.2 Å². The monoisotopic (exact) mass is 555 g/mol. The Labute approximate surface area is 237 Å². The summed E-state index contributed by atoms with van der Waals surface area (Å²) < 4.78 is 37.5. The van der Waals surface area contributed by atoms with E-state index in [4.69, 9.17) is 16.1 Å². The predicted molar refractivity (Wildman–Crippen MR) is 155 cm³/mol. The van der Waals surface area contributed by atoms with Gasteiger partial charge in [0.1, 0.15) is 29.5 Å². The van der Waals surface area contributed by atoms with E-state index in [1.165, 1.54) is 24.3 Å². The van der Waals surface area contributed by atoms with Gasteiger partial charge in [0, 0.05) is 47.6 Å². The summed E-state index contributed by atoms with van der Waals surface area (Å²) in [5.41, 5.74) is 0.582. The van der Waals surface area contributed by atoms with E-state index in [9.17, 15) is 9.50 Å². The second-order valence-corrected chi connectivity index (χ2v) is 11.4. The third kappa shape index (κ3) is 4.52. The van der Waals surface area contributed by atoms with Crippen molar-refractivity contribution in [3.8, 4) is 35.2 Å². The summed E-state index contributed by atoms with van der Waals surface area (Å²) in [6.07, 6.45) is 10.00. The highest BCUT2D eigenvalue weighted by atomic mass is 19.1. The standard InChI is InChI=1S/C32H31F2N5O2/c1-3-23-27(33)11-6-18-13-22(40)14-26(28(18)23)24-9-10-25-30(29(24)34)36-32(41-17-21-5-4-12-38(21)2)37-31(25)39-15-19-7-8-20(16-39)35-19/h1,6,9-11,13-14,19-21,35,40H,4-5,7-8,12,15-17H2,2H3/t19-,20+,21-/m0/s1. The molecule has 0 spiro atoms. The van der Waals surface area contributed by atoms with Crippen LogP contribution in [-0.4, -0.2) is 71.4 Å². The van der Waals surface area contributed by atoms with Crippen molar-refractivity contribution in [2.24, 2.45) is 0 Å².